The lowest BCUT2D eigenvalue weighted by atomic mass is 9.94. The summed E-state index contributed by atoms with van der Waals surface area (Å²) >= 11 is 0. The molecule has 23 heavy (non-hydrogen) atoms. The van der Waals surface area contributed by atoms with Gasteiger partial charge in [-0.1, -0.05) is 24.3 Å². The fourth-order valence-electron chi connectivity index (χ4n) is 2.94. The van der Waals surface area contributed by atoms with Gasteiger partial charge in [0.25, 0.3) is 0 Å². The molecule has 4 heteroatoms. The molecule has 3 N–H and O–H groups in total. The van der Waals surface area contributed by atoms with E-state index in [1.165, 1.54) is 24.8 Å². The van der Waals surface area contributed by atoms with Gasteiger partial charge in [-0.25, -0.2) is 4.79 Å². The van der Waals surface area contributed by atoms with E-state index in [4.69, 9.17) is 0 Å². The molecule has 2 aliphatic rings. The summed E-state index contributed by atoms with van der Waals surface area (Å²) in [5.74, 6) is 0.759. The van der Waals surface area contributed by atoms with E-state index in [9.17, 15) is 4.79 Å². The van der Waals surface area contributed by atoms with Crippen molar-refractivity contribution in [1.29, 1.82) is 0 Å². The van der Waals surface area contributed by atoms with Crippen LogP contribution in [0.3, 0.4) is 0 Å². The van der Waals surface area contributed by atoms with Crippen LogP contribution in [0, 0.1) is 5.92 Å². The van der Waals surface area contributed by atoms with E-state index >= 15 is 0 Å². The van der Waals surface area contributed by atoms with Crippen molar-refractivity contribution in [3.63, 3.8) is 0 Å². The topological polar surface area (TPSA) is 53.2 Å². The number of urea groups is 1. The van der Waals surface area contributed by atoms with Crippen LogP contribution in [-0.2, 0) is 0 Å². The van der Waals surface area contributed by atoms with Gasteiger partial charge < -0.3 is 16.0 Å². The molecule has 2 unspecified atom stereocenters. The second-order valence-corrected chi connectivity index (χ2v) is 6.78. The lowest BCUT2D eigenvalue weighted by Crippen LogP contribution is -2.30. The second-order valence-electron chi connectivity index (χ2n) is 6.78. The maximum absolute atomic E-state index is 11.7. The summed E-state index contributed by atoms with van der Waals surface area (Å²) < 4.78 is 0. The van der Waals surface area contributed by atoms with Gasteiger partial charge >= 0.3 is 6.03 Å². The third-order valence-electron chi connectivity index (χ3n) is 4.67. The molecule has 2 amide bonds. The highest BCUT2D eigenvalue weighted by Crippen LogP contribution is 2.21. The molecule has 0 aromatic heterocycles. The highest BCUT2D eigenvalue weighted by Gasteiger charge is 2.23. The molecule has 0 saturated heterocycles. The molecule has 2 aliphatic carbocycles. The highest BCUT2D eigenvalue weighted by atomic mass is 16.2. The minimum absolute atomic E-state index is 0.100. The minimum Gasteiger partial charge on any atom is -0.335 e. The van der Waals surface area contributed by atoms with Crippen molar-refractivity contribution in [3.05, 3.63) is 42.0 Å². The Kier molecular flexibility index (Phi) is 5.34. The number of nitrogens with one attached hydrogen (secondary N) is 3. The van der Waals surface area contributed by atoms with Crippen LogP contribution in [0.4, 0.5) is 10.5 Å². The number of carbonyl (C=O) groups excluding carboxylic acids is 1. The number of allylic oxidation sites excluding steroid dienone is 2. The van der Waals surface area contributed by atoms with Gasteiger partial charge in [0, 0.05) is 17.8 Å². The Balaban J connectivity index is 1.45. The van der Waals surface area contributed by atoms with Gasteiger partial charge in [0.15, 0.2) is 0 Å². The standard InChI is InChI=1S/C19H27N3O/c1-14(20-13-15-5-3-2-4-6-15)16-7-9-17(10-8-16)21-19(23)22-18-11-12-18/h2-3,7-10,14-15,18,20H,4-6,11-13H2,1H3,(H2,21,22,23). The van der Waals surface area contributed by atoms with Crippen molar-refractivity contribution in [3.8, 4) is 0 Å². The first-order valence-corrected chi connectivity index (χ1v) is 8.76. The minimum atomic E-state index is -0.100. The van der Waals surface area contributed by atoms with E-state index in [2.05, 4.69) is 47.2 Å². The first-order chi connectivity index (χ1) is 11.2. The van der Waals surface area contributed by atoms with Gasteiger partial charge in [0.2, 0.25) is 0 Å². The van der Waals surface area contributed by atoms with E-state index in [0.717, 1.165) is 31.0 Å². The molecule has 1 aromatic rings. The SMILES string of the molecule is CC(NCC1CC=CCC1)c1ccc(NC(=O)NC2CC2)cc1. The average Bonchev–Trinajstić information content (AvgIpc) is 3.38. The van der Waals surface area contributed by atoms with Crippen molar-refractivity contribution in [2.45, 2.75) is 51.1 Å². The highest BCUT2D eigenvalue weighted by molar-refractivity contribution is 5.89. The predicted molar refractivity (Wildman–Crippen MR) is 94.5 cm³/mol. The summed E-state index contributed by atoms with van der Waals surface area (Å²) in [5.41, 5.74) is 2.10. The molecule has 0 radical (unpaired) electrons. The molecule has 3 rings (SSSR count). The molecule has 0 aliphatic heterocycles. The lowest BCUT2D eigenvalue weighted by Gasteiger charge is -2.22. The van der Waals surface area contributed by atoms with Crippen LogP contribution in [0.2, 0.25) is 0 Å². The van der Waals surface area contributed by atoms with E-state index in [1.54, 1.807) is 0 Å². The Morgan fingerprint density at radius 3 is 2.61 bits per heavy atom. The van der Waals surface area contributed by atoms with E-state index < -0.39 is 0 Å². The van der Waals surface area contributed by atoms with Gasteiger partial charge in [-0.3, -0.25) is 0 Å². The van der Waals surface area contributed by atoms with Crippen molar-refractivity contribution < 1.29 is 4.79 Å². The number of rotatable bonds is 6. The summed E-state index contributed by atoms with van der Waals surface area (Å²) in [6.45, 7) is 3.26. The second kappa shape index (κ2) is 7.64. The Morgan fingerprint density at radius 1 is 1.17 bits per heavy atom. The van der Waals surface area contributed by atoms with Crippen LogP contribution >= 0.6 is 0 Å². The van der Waals surface area contributed by atoms with Crippen molar-refractivity contribution >= 4 is 11.7 Å². The third kappa shape index (κ3) is 5.10. The molecule has 0 heterocycles. The molecule has 2 atom stereocenters. The van der Waals surface area contributed by atoms with Gasteiger partial charge in [-0.15, -0.1) is 0 Å². The summed E-state index contributed by atoms with van der Waals surface area (Å²) in [6.07, 6.45) is 10.5. The maximum Gasteiger partial charge on any atom is 0.319 e. The Bertz CT molecular complexity index is 548. The summed E-state index contributed by atoms with van der Waals surface area (Å²) in [6, 6.07) is 8.74. The predicted octanol–water partition coefficient (Wildman–Crippen LogP) is 3.98. The van der Waals surface area contributed by atoms with Crippen molar-refractivity contribution in [2.75, 3.05) is 11.9 Å². The number of hydrogen-bond acceptors (Lipinski definition) is 2. The van der Waals surface area contributed by atoms with E-state index in [0.29, 0.717) is 12.1 Å². The Hall–Kier alpha value is -1.81. The largest absolute Gasteiger partial charge is 0.335 e. The normalized spacial score (nSPS) is 21.7. The Labute approximate surface area is 138 Å². The zero-order valence-electron chi connectivity index (χ0n) is 13.8. The van der Waals surface area contributed by atoms with E-state index in [1.807, 2.05) is 12.1 Å². The molecule has 124 valence electrons. The number of anilines is 1. The van der Waals surface area contributed by atoms with Crippen LogP contribution in [0.15, 0.2) is 36.4 Å². The fraction of sp³-hybridized carbons (Fsp3) is 0.526. The lowest BCUT2D eigenvalue weighted by molar-refractivity contribution is 0.251. The molecule has 0 spiro atoms. The van der Waals surface area contributed by atoms with Crippen LogP contribution in [0.1, 0.15) is 50.6 Å². The Morgan fingerprint density at radius 2 is 1.96 bits per heavy atom. The van der Waals surface area contributed by atoms with Crippen molar-refractivity contribution in [2.24, 2.45) is 5.92 Å². The fourth-order valence-corrected chi connectivity index (χ4v) is 2.94. The molecule has 1 saturated carbocycles. The van der Waals surface area contributed by atoms with Gasteiger partial charge in [0.1, 0.15) is 0 Å². The van der Waals surface area contributed by atoms with Gasteiger partial charge in [0.05, 0.1) is 0 Å². The smallest absolute Gasteiger partial charge is 0.319 e. The molecular weight excluding hydrogens is 286 g/mol. The van der Waals surface area contributed by atoms with Gasteiger partial charge in [-0.05, 0) is 69.2 Å². The molecule has 0 bridgehead atoms. The zero-order chi connectivity index (χ0) is 16.1. The number of benzene rings is 1. The summed E-state index contributed by atoms with van der Waals surface area (Å²) in [7, 11) is 0. The first-order valence-electron chi connectivity index (χ1n) is 8.76. The third-order valence-corrected chi connectivity index (χ3v) is 4.67. The molecule has 1 fully saturated rings. The van der Waals surface area contributed by atoms with Crippen LogP contribution in [0.5, 0.6) is 0 Å². The monoisotopic (exact) mass is 313 g/mol. The van der Waals surface area contributed by atoms with Crippen LogP contribution in [-0.4, -0.2) is 18.6 Å². The van der Waals surface area contributed by atoms with Crippen LogP contribution in [0.25, 0.3) is 0 Å². The first kappa shape index (κ1) is 16.1. The number of amides is 2. The molecular formula is C19H27N3O. The number of hydrogen-bond donors (Lipinski definition) is 3. The average molecular weight is 313 g/mol. The van der Waals surface area contributed by atoms with E-state index in [-0.39, 0.29) is 6.03 Å². The van der Waals surface area contributed by atoms with Crippen molar-refractivity contribution in [1.82, 2.24) is 10.6 Å². The summed E-state index contributed by atoms with van der Waals surface area (Å²) in [4.78, 5) is 11.7. The zero-order valence-corrected chi connectivity index (χ0v) is 13.8. The van der Waals surface area contributed by atoms with Gasteiger partial charge in [-0.2, -0.15) is 0 Å². The van der Waals surface area contributed by atoms with Crippen LogP contribution < -0.4 is 16.0 Å². The molecule has 4 nitrogen and oxygen atoms in total. The number of carbonyl (C=O) groups is 1. The summed E-state index contributed by atoms with van der Waals surface area (Å²) in [5, 5.41) is 9.44. The molecule has 1 aromatic carbocycles. The quantitative estimate of drug-likeness (QED) is 0.696. The maximum atomic E-state index is 11.7.